The van der Waals surface area contributed by atoms with Gasteiger partial charge in [-0.1, -0.05) is 0 Å². The largest absolute Gasteiger partial charge is 0.748 e. The molecule has 0 spiro atoms. The molecule has 0 unspecified atom stereocenters. The van der Waals surface area contributed by atoms with Crippen molar-refractivity contribution in [3.63, 3.8) is 0 Å². The summed E-state index contributed by atoms with van der Waals surface area (Å²) in [5.74, 6) is -0.292. The molecule has 0 fully saturated rings. The van der Waals surface area contributed by atoms with Gasteiger partial charge in [-0.05, 0) is 44.7 Å². The lowest BCUT2D eigenvalue weighted by molar-refractivity contribution is 0.134. The molecule has 104 valence electrons. The summed E-state index contributed by atoms with van der Waals surface area (Å²) < 4.78 is 36.5. The molecular formula is C12H19O4S2-. The molecule has 0 bridgehead atoms. The number of rotatable bonds is 8. The first kappa shape index (κ1) is 15.6. The monoisotopic (exact) mass is 291 g/mol. The zero-order valence-corrected chi connectivity index (χ0v) is 12.4. The molecule has 0 aliphatic rings. The Hall–Kier alpha value is -0.430. The summed E-state index contributed by atoms with van der Waals surface area (Å²) in [6, 6.07) is 2.17. The van der Waals surface area contributed by atoms with Gasteiger partial charge in [-0.25, -0.2) is 8.42 Å². The van der Waals surface area contributed by atoms with Crippen molar-refractivity contribution in [1.82, 2.24) is 0 Å². The highest BCUT2D eigenvalue weighted by Crippen LogP contribution is 2.20. The van der Waals surface area contributed by atoms with Crippen LogP contribution in [0.4, 0.5) is 0 Å². The van der Waals surface area contributed by atoms with Crippen LogP contribution in [-0.2, 0) is 21.3 Å². The topological polar surface area (TPSA) is 66.4 Å². The van der Waals surface area contributed by atoms with Gasteiger partial charge >= 0.3 is 0 Å². The molecule has 4 nitrogen and oxygen atoms in total. The van der Waals surface area contributed by atoms with Crippen LogP contribution in [-0.4, -0.2) is 31.9 Å². The van der Waals surface area contributed by atoms with Crippen molar-refractivity contribution < 1.29 is 17.7 Å². The molecule has 1 aromatic heterocycles. The van der Waals surface area contributed by atoms with Crippen LogP contribution < -0.4 is 0 Å². The lowest BCUT2D eigenvalue weighted by Gasteiger charge is -2.07. The third-order valence-electron chi connectivity index (χ3n) is 2.59. The molecule has 18 heavy (non-hydrogen) atoms. The van der Waals surface area contributed by atoms with E-state index in [1.165, 1.54) is 15.3 Å². The predicted octanol–water partition coefficient (Wildman–Crippen LogP) is 2.25. The Morgan fingerprint density at radius 3 is 2.56 bits per heavy atom. The van der Waals surface area contributed by atoms with E-state index in [0.29, 0.717) is 26.1 Å². The molecular weight excluding hydrogens is 272 g/mol. The molecule has 0 saturated carbocycles. The van der Waals surface area contributed by atoms with E-state index >= 15 is 0 Å². The summed E-state index contributed by atoms with van der Waals surface area (Å²) in [6.45, 7) is 5.34. The van der Waals surface area contributed by atoms with E-state index in [0.717, 1.165) is 6.42 Å². The van der Waals surface area contributed by atoms with Crippen molar-refractivity contribution in [1.29, 1.82) is 0 Å². The first-order chi connectivity index (χ1) is 8.38. The molecule has 0 aromatic carbocycles. The number of unbranched alkanes of at least 4 members (excludes halogenated alkanes) is 1. The van der Waals surface area contributed by atoms with Crippen LogP contribution in [0.5, 0.6) is 0 Å². The standard InChI is InChI=1S/C12H20O4S2/c1-10-9-12(11(2)17-10)5-7-16-6-3-4-8-18(13,14)15/h9H,3-8H2,1-2H3,(H,13,14,15)/p-1. The molecule has 0 aliphatic carbocycles. The fourth-order valence-electron chi connectivity index (χ4n) is 1.70. The van der Waals surface area contributed by atoms with Gasteiger partial charge in [-0.3, -0.25) is 0 Å². The van der Waals surface area contributed by atoms with Crippen LogP contribution in [0.15, 0.2) is 6.07 Å². The summed E-state index contributed by atoms with van der Waals surface area (Å²) in [5, 5.41) is 0. The molecule has 1 heterocycles. The zero-order chi connectivity index (χ0) is 13.6. The van der Waals surface area contributed by atoms with E-state index in [1.54, 1.807) is 11.3 Å². The van der Waals surface area contributed by atoms with E-state index in [1.807, 2.05) is 0 Å². The molecule has 0 N–H and O–H groups in total. The normalized spacial score (nSPS) is 11.9. The van der Waals surface area contributed by atoms with Gasteiger partial charge in [-0.15, -0.1) is 11.3 Å². The van der Waals surface area contributed by atoms with Crippen LogP contribution in [0.3, 0.4) is 0 Å². The van der Waals surface area contributed by atoms with Crippen molar-refractivity contribution in [2.45, 2.75) is 33.1 Å². The maximum Gasteiger partial charge on any atom is 0.0945 e. The Labute approximate surface area is 113 Å². The van der Waals surface area contributed by atoms with E-state index in [-0.39, 0.29) is 5.75 Å². The maximum atomic E-state index is 10.3. The van der Waals surface area contributed by atoms with E-state index in [2.05, 4.69) is 19.9 Å². The number of aryl methyl sites for hydroxylation is 2. The lowest BCUT2D eigenvalue weighted by Crippen LogP contribution is -2.06. The second-order valence-corrected chi connectivity index (χ2v) is 7.25. The first-order valence-corrected chi connectivity index (χ1v) is 8.35. The van der Waals surface area contributed by atoms with E-state index < -0.39 is 10.1 Å². The van der Waals surface area contributed by atoms with Crippen LogP contribution in [0.2, 0.25) is 0 Å². The summed E-state index contributed by atoms with van der Waals surface area (Å²) in [6.07, 6.45) is 1.88. The lowest BCUT2D eigenvalue weighted by atomic mass is 10.2. The first-order valence-electron chi connectivity index (χ1n) is 5.96. The molecule has 6 heteroatoms. The third kappa shape index (κ3) is 6.49. The number of hydrogen-bond donors (Lipinski definition) is 0. The fraction of sp³-hybridized carbons (Fsp3) is 0.667. The summed E-state index contributed by atoms with van der Waals surface area (Å²) in [4.78, 5) is 2.64. The van der Waals surface area contributed by atoms with Crippen molar-refractivity contribution in [2.75, 3.05) is 19.0 Å². The molecule has 0 radical (unpaired) electrons. The van der Waals surface area contributed by atoms with E-state index in [9.17, 15) is 13.0 Å². The van der Waals surface area contributed by atoms with Gasteiger partial charge in [0.2, 0.25) is 0 Å². The second kappa shape index (κ2) is 7.23. The third-order valence-corrected chi connectivity index (χ3v) is 4.39. The molecule has 0 atom stereocenters. The Morgan fingerprint density at radius 2 is 2.00 bits per heavy atom. The van der Waals surface area contributed by atoms with Gasteiger partial charge in [0.25, 0.3) is 0 Å². The second-order valence-electron chi connectivity index (χ2n) is 4.27. The highest BCUT2D eigenvalue weighted by Gasteiger charge is 2.02. The quantitative estimate of drug-likeness (QED) is 0.544. The fourth-order valence-corrected chi connectivity index (χ4v) is 3.23. The van der Waals surface area contributed by atoms with Crippen LogP contribution in [0.1, 0.15) is 28.2 Å². The average Bonchev–Trinajstić information content (AvgIpc) is 2.54. The molecule has 1 rings (SSSR count). The minimum atomic E-state index is -4.07. The smallest absolute Gasteiger partial charge is 0.0945 e. The molecule has 0 saturated heterocycles. The van der Waals surface area contributed by atoms with Gasteiger partial charge < -0.3 is 9.29 Å². The van der Waals surface area contributed by atoms with Crippen LogP contribution >= 0.6 is 11.3 Å². The maximum absolute atomic E-state index is 10.3. The van der Waals surface area contributed by atoms with Gasteiger partial charge in [0.1, 0.15) is 0 Å². The molecule has 1 aromatic rings. The van der Waals surface area contributed by atoms with Gasteiger partial charge in [0.15, 0.2) is 0 Å². The predicted molar refractivity (Wildman–Crippen MR) is 72.1 cm³/mol. The number of ether oxygens (including phenoxy) is 1. The van der Waals surface area contributed by atoms with Gasteiger partial charge in [-0.2, -0.15) is 0 Å². The van der Waals surface area contributed by atoms with Gasteiger partial charge in [0.05, 0.1) is 16.7 Å². The van der Waals surface area contributed by atoms with Crippen molar-refractivity contribution in [3.05, 3.63) is 21.4 Å². The van der Waals surface area contributed by atoms with E-state index in [4.69, 9.17) is 4.74 Å². The minimum Gasteiger partial charge on any atom is -0.748 e. The van der Waals surface area contributed by atoms with Crippen molar-refractivity contribution in [2.24, 2.45) is 0 Å². The summed E-state index contributed by atoms with van der Waals surface area (Å²) in [7, 11) is -4.07. The highest BCUT2D eigenvalue weighted by atomic mass is 32.2. The SMILES string of the molecule is Cc1cc(CCOCCCCS(=O)(=O)[O-])c(C)s1. The number of thiophene rings is 1. The average molecular weight is 291 g/mol. The highest BCUT2D eigenvalue weighted by molar-refractivity contribution is 7.85. The van der Waals surface area contributed by atoms with Crippen LogP contribution in [0, 0.1) is 13.8 Å². The Balaban J connectivity index is 2.07. The summed E-state index contributed by atoms with van der Waals surface area (Å²) >= 11 is 1.79. The summed E-state index contributed by atoms with van der Waals surface area (Å²) in [5.41, 5.74) is 1.32. The Morgan fingerprint density at radius 1 is 1.28 bits per heavy atom. The Bertz CT molecular complexity index is 462. The molecule has 0 amide bonds. The molecule has 0 aliphatic heterocycles. The zero-order valence-electron chi connectivity index (χ0n) is 10.8. The minimum absolute atomic E-state index is 0.292. The van der Waals surface area contributed by atoms with Crippen LogP contribution in [0.25, 0.3) is 0 Å². The van der Waals surface area contributed by atoms with Crippen molar-refractivity contribution >= 4 is 21.5 Å². The Kier molecular flexibility index (Phi) is 6.28. The number of hydrogen-bond acceptors (Lipinski definition) is 5. The van der Waals surface area contributed by atoms with Crippen molar-refractivity contribution in [3.8, 4) is 0 Å². The van der Waals surface area contributed by atoms with Gasteiger partial charge in [0, 0.05) is 22.1 Å².